The SMILES string of the molecule is CC1CCC(NC(=O)c2ccc(N3C(=O)CCC3=O)cc2)CC1. The van der Waals surface area contributed by atoms with Crippen molar-refractivity contribution in [3.63, 3.8) is 0 Å². The maximum absolute atomic E-state index is 12.3. The molecule has 0 aromatic heterocycles. The van der Waals surface area contributed by atoms with Crippen LogP contribution in [0.1, 0.15) is 55.8 Å². The lowest BCUT2D eigenvalue weighted by atomic mass is 9.87. The van der Waals surface area contributed by atoms with Crippen molar-refractivity contribution in [1.29, 1.82) is 0 Å². The number of anilines is 1. The first-order valence-electron chi connectivity index (χ1n) is 8.31. The Morgan fingerprint density at radius 1 is 1.00 bits per heavy atom. The number of benzene rings is 1. The molecule has 1 saturated carbocycles. The summed E-state index contributed by atoms with van der Waals surface area (Å²) in [5.74, 6) is 0.306. The van der Waals surface area contributed by atoms with E-state index in [9.17, 15) is 14.4 Å². The van der Waals surface area contributed by atoms with Crippen LogP contribution in [0.3, 0.4) is 0 Å². The summed E-state index contributed by atoms with van der Waals surface area (Å²) < 4.78 is 0. The number of hydrogen-bond donors (Lipinski definition) is 1. The second-order valence-electron chi connectivity index (χ2n) is 6.60. The highest BCUT2D eigenvalue weighted by Gasteiger charge is 2.30. The van der Waals surface area contributed by atoms with Crippen molar-refractivity contribution in [2.75, 3.05) is 4.90 Å². The van der Waals surface area contributed by atoms with Crippen molar-refractivity contribution in [2.24, 2.45) is 5.92 Å². The van der Waals surface area contributed by atoms with Gasteiger partial charge in [-0.15, -0.1) is 0 Å². The number of nitrogens with zero attached hydrogens (tertiary/aromatic N) is 1. The van der Waals surface area contributed by atoms with E-state index >= 15 is 0 Å². The second-order valence-corrected chi connectivity index (χ2v) is 6.60. The van der Waals surface area contributed by atoms with E-state index in [1.54, 1.807) is 24.3 Å². The fraction of sp³-hybridized carbons (Fsp3) is 0.500. The van der Waals surface area contributed by atoms with E-state index in [1.807, 2.05) is 0 Å². The van der Waals surface area contributed by atoms with E-state index in [2.05, 4.69) is 12.2 Å². The Labute approximate surface area is 136 Å². The fourth-order valence-corrected chi connectivity index (χ4v) is 3.30. The Hall–Kier alpha value is -2.17. The highest BCUT2D eigenvalue weighted by molar-refractivity contribution is 6.19. The zero-order chi connectivity index (χ0) is 16.4. The largest absolute Gasteiger partial charge is 0.349 e. The van der Waals surface area contributed by atoms with Crippen molar-refractivity contribution in [2.45, 2.75) is 51.5 Å². The highest BCUT2D eigenvalue weighted by Crippen LogP contribution is 2.25. The van der Waals surface area contributed by atoms with Gasteiger partial charge in [0.05, 0.1) is 5.69 Å². The van der Waals surface area contributed by atoms with Gasteiger partial charge in [0.15, 0.2) is 0 Å². The van der Waals surface area contributed by atoms with Gasteiger partial charge in [-0.3, -0.25) is 19.3 Å². The number of amides is 3. The summed E-state index contributed by atoms with van der Waals surface area (Å²) in [6, 6.07) is 6.93. The third-order valence-corrected chi connectivity index (χ3v) is 4.79. The molecule has 23 heavy (non-hydrogen) atoms. The van der Waals surface area contributed by atoms with E-state index < -0.39 is 0 Å². The smallest absolute Gasteiger partial charge is 0.251 e. The first kappa shape index (κ1) is 15.7. The van der Waals surface area contributed by atoms with Gasteiger partial charge in [0.2, 0.25) is 11.8 Å². The molecular weight excluding hydrogens is 292 g/mol. The molecule has 0 atom stereocenters. The Morgan fingerprint density at radius 3 is 2.13 bits per heavy atom. The van der Waals surface area contributed by atoms with Crippen molar-refractivity contribution in [3.8, 4) is 0 Å². The molecule has 0 radical (unpaired) electrons. The molecule has 5 heteroatoms. The van der Waals surface area contributed by atoms with Gasteiger partial charge in [-0.1, -0.05) is 6.92 Å². The van der Waals surface area contributed by atoms with Gasteiger partial charge >= 0.3 is 0 Å². The van der Waals surface area contributed by atoms with E-state index in [1.165, 1.54) is 4.90 Å². The number of imide groups is 1. The Kier molecular flexibility index (Phi) is 4.46. The topological polar surface area (TPSA) is 66.5 Å². The van der Waals surface area contributed by atoms with Crippen LogP contribution >= 0.6 is 0 Å². The monoisotopic (exact) mass is 314 g/mol. The van der Waals surface area contributed by atoms with Gasteiger partial charge in [-0.2, -0.15) is 0 Å². The van der Waals surface area contributed by atoms with Crippen LogP contribution < -0.4 is 10.2 Å². The zero-order valence-electron chi connectivity index (χ0n) is 13.4. The molecule has 1 aliphatic carbocycles. The molecule has 1 N–H and O–H groups in total. The van der Waals surface area contributed by atoms with E-state index in [0.717, 1.165) is 31.6 Å². The minimum atomic E-state index is -0.177. The van der Waals surface area contributed by atoms with Crippen molar-refractivity contribution < 1.29 is 14.4 Å². The summed E-state index contributed by atoms with van der Waals surface area (Å²) in [7, 11) is 0. The summed E-state index contributed by atoms with van der Waals surface area (Å²) in [4.78, 5) is 36.9. The van der Waals surface area contributed by atoms with Crippen LogP contribution in [0.25, 0.3) is 0 Å². The van der Waals surface area contributed by atoms with Gasteiger partial charge in [0.1, 0.15) is 0 Å². The number of carbonyl (C=O) groups excluding carboxylic acids is 3. The van der Waals surface area contributed by atoms with E-state index in [4.69, 9.17) is 0 Å². The van der Waals surface area contributed by atoms with E-state index in [-0.39, 0.29) is 36.6 Å². The van der Waals surface area contributed by atoms with Crippen LogP contribution in [0.2, 0.25) is 0 Å². The third-order valence-electron chi connectivity index (χ3n) is 4.79. The molecule has 1 heterocycles. The predicted molar refractivity (Wildman–Crippen MR) is 87.1 cm³/mol. The van der Waals surface area contributed by atoms with Gasteiger partial charge in [0, 0.05) is 24.4 Å². The van der Waals surface area contributed by atoms with Crippen molar-refractivity contribution in [1.82, 2.24) is 5.32 Å². The molecule has 2 fully saturated rings. The van der Waals surface area contributed by atoms with Crippen LogP contribution in [0.5, 0.6) is 0 Å². The number of hydrogen-bond acceptors (Lipinski definition) is 3. The summed E-state index contributed by atoms with van der Waals surface area (Å²) in [6.07, 6.45) is 4.90. The molecule has 0 unspecified atom stereocenters. The average molecular weight is 314 g/mol. The van der Waals surface area contributed by atoms with Crippen LogP contribution in [-0.2, 0) is 9.59 Å². The first-order chi connectivity index (χ1) is 11.0. The lowest BCUT2D eigenvalue weighted by Crippen LogP contribution is -2.37. The summed E-state index contributed by atoms with van der Waals surface area (Å²) in [5.41, 5.74) is 1.10. The minimum absolute atomic E-state index is 0.0878. The van der Waals surface area contributed by atoms with Gasteiger partial charge < -0.3 is 5.32 Å². The first-order valence-corrected chi connectivity index (χ1v) is 8.31. The molecular formula is C18H22N2O3. The number of carbonyl (C=O) groups is 3. The Balaban J connectivity index is 1.64. The molecule has 1 aliphatic heterocycles. The van der Waals surface area contributed by atoms with Crippen LogP contribution in [0, 0.1) is 5.92 Å². The lowest BCUT2D eigenvalue weighted by molar-refractivity contribution is -0.121. The molecule has 2 aliphatic rings. The van der Waals surface area contributed by atoms with Gasteiger partial charge in [-0.05, 0) is 55.9 Å². The van der Waals surface area contributed by atoms with Crippen LogP contribution in [-0.4, -0.2) is 23.8 Å². The average Bonchev–Trinajstić information content (AvgIpc) is 2.88. The highest BCUT2D eigenvalue weighted by atomic mass is 16.2. The van der Waals surface area contributed by atoms with Crippen molar-refractivity contribution >= 4 is 23.4 Å². The summed E-state index contributed by atoms with van der Waals surface area (Å²) in [5, 5.41) is 3.08. The summed E-state index contributed by atoms with van der Waals surface area (Å²) in [6.45, 7) is 2.25. The third kappa shape index (κ3) is 3.44. The minimum Gasteiger partial charge on any atom is -0.349 e. The molecule has 1 saturated heterocycles. The van der Waals surface area contributed by atoms with Gasteiger partial charge in [-0.25, -0.2) is 0 Å². The second kappa shape index (κ2) is 6.52. The molecule has 0 bridgehead atoms. The molecule has 1 aromatic carbocycles. The molecule has 0 spiro atoms. The molecule has 3 rings (SSSR count). The zero-order valence-corrected chi connectivity index (χ0v) is 13.4. The standard InChI is InChI=1S/C18H22N2O3/c1-12-2-6-14(7-3-12)19-18(23)13-4-8-15(9-5-13)20-16(21)10-11-17(20)22/h4-5,8-9,12,14H,2-3,6-7,10-11H2,1H3,(H,19,23). The molecule has 122 valence electrons. The summed E-state index contributed by atoms with van der Waals surface area (Å²) >= 11 is 0. The Bertz CT molecular complexity index is 600. The van der Waals surface area contributed by atoms with Crippen molar-refractivity contribution in [3.05, 3.63) is 29.8 Å². The van der Waals surface area contributed by atoms with E-state index in [0.29, 0.717) is 11.3 Å². The number of rotatable bonds is 3. The number of nitrogens with one attached hydrogen (secondary N) is 1. The maximum atomic E-state index is 12.3. The quantitative estimate of drug-likeness (QED) is 0.872. The Morgan fingerprint density at radius 2 is 1.57 bits per heavy atom. The van der Waals surface area contributed by atoms with Gasteiger partial charge in [0.25, 0.3) is 5.91 Å². The van der Waals surface area contributed by atoms with Crippen LogP contribution in [0.4, 0.5) is 5.69 Å². The lowest BCUT2D eigenvalue weighted by Gasteiger charge is -2.27. The normalized spacial score (nSPS) is 24.8. The van der Waals surface area contributed by atoms with Crippen LogP contribution in [0.15, 0.2) is 24.3 Å². The fourth-order valence-electron chi connectivity index (χ4n) is 3.30. The molecule has 5 nitrogen and oxygen atoms in total. The predicted octanol–water partition coefficient (Wildman–Crippen LogP) is 2.65. The molecule has 3 amide bonds. The molecule has 1 aromatic rings. The maximum Gasteiger partial charge on any atom is 0.251 e.